The van der Waals surface area contributed by atoms with E-state index in [-0.39, 0.29) is 0 Å². The largest absolute Gasteiger partial charge is 0.481 e. The Bertz CT molecular complexity index is 261. The monoisotopic (exact) mass is 193 g/mol. The summed E-state index contributed by atoms with van der Waals surface area (Å²) in [6, 6.07) is 4.22. The Balaban J connectivity index is 2.81. The summed E-state index contributed by atoms with van der Waals surface area (Å²) >= 11 is 0. The minimum atomic E-state index is 0.746. The molecular formula is C12H19NO. The molecule has 0 fully saturated rings. The summed E-state index contributed by atoms with van der Waals surface area (Å²) in [6.45, 7) is 4.32. The number of rotatable bonds is 5. The molecule has 0 aliphatic carbocycles. The molecule has 0 aliphatic heterocycles. The highest BCUT2D eigenvalue weighted by atomic mass is 16.5. The van der Waals surface area contributed by atoms with Gasteiger partial charge in [-0.3, -0.25) is 0 Å². The van der Waals surface area contributed by atoms with Crippen molar-refractivity contribution in [2.24, 2.45) is 0 Å². The molecular weight excluding hydrogens is 174 g/mol. The van der Waals surface area contributed by atoms with Crippen LogP contribution in [0.15, 0.2) is 12.1 Å². The van der Waals surface area contributed by atoms with Crippen LogP contribution in [0.5, 0.6) is 5.88 Å². The van der Waals surface area contributed by atoms with Crippen LogP contribution in [0.4, 0.5) is 0 Å². The molecule has 0 aliphatic rings. The molecule has 0 atom stereocenters. The van der Waals surface area contributed by atoms with Crippen LogP contribution in [-0.2, 0) is 12.8 Å². The van der Waals surface area contributed by atoms with Crippen molar-refractivity contribution in [2.45, 2.75) is 39.5 Å². The molecule has 0 saturated heterocycles. The topological polar surface area (TPSA) is 22.1 Å². The Morgan fingerprint density at radius 3 is 2.64 bits per heavy atom. The van der Waals surface area contributed by atoms with Crippen LogP contribution < -0.4 is 4.74 Å². The minimum absolute atomic E-state index is 0.746. The lowest BCUT2D eigenvalue weighted by Crippen LogP contribution is -1.96. The summed E-state index contributed by atoms with van der Waals surface area (Å²) in [6.07, 6.45) is 4.56. The van der Waals surface area contributed by atoms with Gasteiger partial charge >= 0.3 is 0 Å². The van der Waals surface area contributed by atoms with Crippen LogP contribution in [0, 0.1) is 0 Å². The Kier molecular flexibility index (Phi) is 4.44. The number of hydrogen-bond donors (Lipinski definition) is 0. The second-order valence-electron chi connectivity index (χ2n) is 3.47. The third-order valence-electron chi connectivity index (χ3n) is 2.31. The number of ether oxygens (including phenoxy) is 1. The van der Waals surface area contributed by atoms with Crippen LogP contribution in [0.3, 0.4) is 0 Å². The molecule has 2 nitrogen and oxygen atoms in total. The fourth-order valence-corrected chi connectivity index (χ4v) is 1.43. The van der Waals surface area contributed by atoms with E-state index in [4.69, 9.17) is 4.74 Å². The zero-order chi connectivity index (χ0) is 10.4. The van der Waals surface area contributed by atoms with Gasteiger partial charge in [0.05, 0.1) is 7.11 Å². The lowest BCUT2D eigenvalue weighted by Gasteiger charge is -2.06. The van der Waals surface area contributed by atoms with E-state index in [2.05, 4.69) is 24.9 Å². The fraction of sp³-hybridized carbons (Fsp3) is 0.583. The van der Waals surface area contributed by atoms with Crippen molar-refractivity contribution in [3.63, 3.8) is 0 Å². The smallest absolute Gasteiger partial charge is 0.213 e. The third kappa shape index (κ3) is 3.02. The maximum Gasteiger partial charge on any atom is 0.213 e. The van der Waals surface area contributed by atoms with E-state index >= 15 is 0 Å². The molecule has 1 rings (SSSR count). The van der Waals surface area contributed by atoms with Crippen LogP contribution >= 0.6 is 0 Å². The number of hydrogen-bond acceptors (Lipinski definition) is 2. The van der Waals surface area contributed by atoms with E-state index in [1.54, 1.807) is 7.11 Å². The second kappa shape index (κ2) is 5.63. The van der Waals surface area contributed by atoms with Gasteiger partial charge in [-0.2, -0.15) is 0 Å². The summed E-state index contributed by atoms with van der Waals surface area (Å²) in [5.74, 6) is 0.746. The molecule has 1 heterocycles. The van der Waals surface area contributed by atoms with Gasteiger partial charge in [-0.1, -0.05) is 20.3 Å². The fourth-order valence-electron chi connectivity index (χ4n) is 1.43. The number of unbranched alkanes of at least 4 members (excludes halogenated alkanes) is 1. The Hall–Kier alpha value is -1.05. The van der Waals surface area contributed by atoms with Gasteiger partial charge in [-0.15, -0.1) is 0 Å². The van der Waals surface area contributed by atoms with Gasteiger partial charge in [0, 0.05) is 11.8 Å². The lowest BCUT2D eigenvalue weighted by atomic mass is 10.1. The lowest BCUT2D eigenvalue weighted by molar-refractivity contribution is 0.395. The van der Waals surface area contributed by atoms with Gasteiger partial charge in [0.25, 0.3) is 0 Å². The van der Waals surface area contributed by atoms with E-state index in [0.29, 0.717) is 0 Å². The van der Waals surface area contributed by atoms with E-state index in [0.717, 1.165) is 24.4 Å². The van der Waals surface area contributed by atoms with Crippen molar-refractivity contribution in [1.82, 2.24) is 4.98 Å². The molecule has 0 aromatic carbocycles. The summed E-state index contributed by atoms with van der Waals surface area (Å²) in [7, 11) is 1.67. The molecule has 1 aromatic rings. The first-order valence-corrected chi connectivity index (χ1v) is 5.34. The van der Waals surface area contributed by atoms with E-state index < -0.39 is 0 Å². The molecule has 0 radical (unpaired) electrons. The number of aryl methyl sites for hydroxylation is 2. The first-order valence-electron chi connectivity index (χ1n) is 5.34. The average Bonchev–Trinajstić information content (AvgIpc) is 2.25. The average molecular weight is 193 g/mol. The molecule has 14 heavy (non-hydrogen) atoms. The van der Waals surface area contributed by atoms with Crippen molar-refractivity contribution >= 4 is 0 Å². The van der Waals surface area contributed by atoms with Crippen LogP contribution in [-0.4, -0.2) is 12.1 Å². The summed E-state index contributed by atoms with van der Waals surface area (Å²) in [4.78, 5) is 4.36. The Morgan fingerprint density at radius 1 is 1.29 bits per heavy atom. The summed E-state index contributed by atoms with van der Waals surface area (Å²) < 4.78 is 5.17. The van der Waals surface area contributed by atoms with Crippen LogP contribution in [0.1, 0.15) is 37.9 Å². The van der Waals surface area contributed by atoms with Crippen molar-refractivity contribution < 1.29 is 4.74 Å². The van der Waals surface area contributed by atoms with Crippen molar-refractivity contribution in [3.05, 3.63) is 23.4 Å². The summed E-state index contributed by atoms with van der Waals surface area (Å²) in [5, 5.41) is 0. The third-order valence-corrected chi connectivity index (χ3v) is 2.31. The zero-order valence-corrected chi connectivity index (χ0v) is 9.34. The number of methoxy groups -OCH3 is 1. The molecule has 0 N–H and O–H groups in total. The minimum Gasteiger partial charge on any atom is -0.481 e. The first kappa shape index (κ1) is 11.0. The van der Waals surface area contributed by atoms with Crippen molar-refractivity contribution in [1.29, 1.82) is 0 Å². The molecule has 0 bridgehead atoms. The quantitative estimate of drug-likeness (QED) is 0.717. The Labute approximate surface area is 86.3 Å². The SMILES string of the molecule is CCCCc1cc(CC)nc(OC)c1. The molecule has 0 unspecified atom stereocenters. The maximum absolute atomic E-state index is 5.17. The van der Waals surface area contributed by atoms with Crippen LogP contribution in [0.2, 0.25) is 0 Å². The number of nitrogens with zero attached hydrogens (tertiary/aromatic N) is 1. The molecule has 0 spiro atoms. The standard InChI is InChI=1S/C12H19NO/c1-4-6-7-10-8-11(5-2)13-12(9-10)14-3/h8-9H,4-7H2,1-3H3. The van der Waals surface area contributed by atoms with Gasteiger partial charge < -0.3 is 4.74 Å². The van der Waals surface area contributed by atoms with Crippen molar-refractivity contribution in [3.8, 4) is 5.88 Å². The van der Waals surface area contributed by atoms with Gasteiger partial charge in [0.1, 0.15) is 0 Å². The number of pyridine rings is 1. The predicted octanol–water partition coefficient (Wildman–Crippen LogP) is 3.00. The van der Waals surface area contributed by atoms with Gasteiger partial charge in [0.15, 0.2) is 0 Å². The maximum atomic E-state index is 5.17. The second-order valence-corrected chi connectivity index (χ2v) is 3.47. The van der Waals surface area contributed by atoms with Crippen LogP contribution in [0.25, 0.3) is 0 Å². The molecule has 1 aromatic heterocycles. The highest BCUT2D eigenvalue weighted by Gasteiger charge is 2.01. The van der Waals surface area contributed by atoms with Gasteiger partial charge in [-0.05, 0) is 30.9 Å². The van der Waals surface area contributed by atoms with Gasteiger partial charge in [0.2, 0.25) is 5.88 Å². The van der Waals surface area contributed by atoms with E-state index in [1.807, 2.05) is 6.07 Å². The predicted molar refractivity (Wildman–Crippen MR) is 58.8 cm³/mol. The highest BCUT2D eigenvalue weighted by molar-refractivity contribution is 5.25. The molecule has 0 amide bonds. The van der Waals surface area contributed by atoms with E-state index in [1.165, 1.54) is 18.4 Å². The normalized spacial score (nSPS) is 10.2. The first-order chi connectivity index (χ1) is 6.80. The number of aromatic nitrogens is 1. The molecule has 2 heteroatoms. The van der Waals surface area contributed by atoms with Crippen molar-refractivity contribution in [2.75, 3.05) is 7.11 Å². The highest BCUT2D eigenvalue weighted by Crippen LogP contribution is 2.14. The zero-order valence-electron chi connectivity index (χ0n) is 9.34. The Morgan fingerprint density at radius 2 is 2.07 bits per heavy atom. The van der Waals surface area contributed by atoms with E-state index in [9.17, 15) is 0 Å². The molecule has 0 saturated carbocycles. The molecule has 78 valence electrons. The van der Waals surface area contributed by atoms with Gasteiger partial charge in [-0.25, -0.2) is 4.98 Å². The summed E-state index contributed by atoms with van der Waals surface area (Å²) in [5.41, 5.74) is 2.46.